The van der Waals surface area contributed by atoms with Crippen molar-refractivity contribution in [3.63, 3.8) is 0 Å². The SMILES string of the molecule is CN(c1cccc(-c2ccccc2)c1)c1cccc(-c2ccc(-c3cc(N(C)c4cccc5c4oc4ccccc45)c4ccccc4c3)cc2)c1. The first-order chi connectivity index (χ1) is 25.1. The lowest BCUT2D eigenvalue weighted by Gasteiger charge is -2.23. The van der Waals surface area contributed by atoms with Gasteiger partial charge >= 0.3 is 0 Å². The highest BCUT2D eigenvalue weighted by Crippen LogP contribution is 2.41. The van der Waals surface area contributed by atoms with Crippen LogP contribution >= 0.6 is 0 Å². The molecule has 0 aliphatic carbocycles. The molecule has 9 aromatic rings. The molecule has 0 spiro atoms. The van der Waals surface area contributed by atoms with Gasteiger partial charge in [-0.05, 0) is 87.3 Å². The fourth-order valence-corrected chi connectivity index (χ4v) is 7.28. The number of rotatable bonds is 7. The molecule has 0 aliphatic heterocycles. The zero-order valence-electron chi connectivity index (χ0n) is 28.6. The fraction of sp³-hybridized carbons (Fsp3) is 0.0417. The van der Waals surface area contributed by atoms with Crippen LogP contribution in [0.1, 0.15) is 0 Å². The minimum atomic E-state index is 0.900. The third-order valence-corrected chi connectivity index (χ3v) is 10.1. The molecule has 0 atom stereocenters. The molecule has 0 fully saturated rings. The van der Waals surface area contributed by atoms with Crippen LogP contribution in [-0.2, 0) is 0 Å². The molecule has 3 nitrogen and oxygen atoms in total. The lowest BCUT2D eigenvalue weighted by Crippen LogP contribution is -2.10. The summed E-state index contributed by atoms with van der Waals surface area (Å²) in [7, 11) is 4.27. The molecular weight excluding hydrogens is 621 g/mol. The normalized spacial score (nSPS) is 11.3. The molecule has 8 aromatic carbocycles. The maximum Gasteiger partial charge on any atom is 0.159 e. The first kappa shape index (κ1) is 30.5. The van der Waals surface area contributed by atoms with Crippen LogP contribution < -0.4 is 9.80 Å². The van der Waals surface area contributed by atoms with E-state index in [0.29, 0.717) is 0 Å². The lowest BCUT2D eigenvalue weighted by molar-refractivity contribution is 0.668. The lowest BCUT2D eigenvalue weighted by atomic mass is 9.96. The Morgan fingerprint density at radius 3 is 1.63 bits per heavy atom. The molecule has 0 saturated carbocycles. The van der Waals surface area contributed by atoms with Gasteiger partial charge in [0.25, 0.3) is 0 Å². The average molecular weight is 657 g/mol. The number of anilines is 4. The number of hydrogen-bond acceptors (Lipinski definition) is 3. The van der Waals surface area contributed by atoms with Crippen molar-refractivity contribution >= 4 is 55.5 Å². The molecule has 51 heavy (non-hydrogen) atoms. The van der Waals surface area contributed by atoms with E-state index in [1.807, 2.05) is 12.1 Å². The molecule has 0 N–H and O–H groups in total. The number of nitrogens with zero attached hydrogens (tertiary/aromatic N) is 2. The van der Waals surface area contributed by atoms with Gasteiger partial charge in [0.1, 0.15) is 5.58 Å². The van der Waals surface area contributed by atoms with E-state index < -0.39 is 0 Å². The molecule has 0 aliphatic rings. The van der Waals surface area contributed by atoms with Crippen molar-refractivity contribution in [1.82, 2.24) is 0 Å². The predicted octanol–water partition coefficient (Wildman–Crippen LogP) is 13.3. The first-order valence-electron chi connectivity index (χ1n) is 17.4. The minimum absolute atomic E-state index is 0.900. The summed E-state index contributed by atoms with van der Waals surface area (Å²) in [5.74, 6) is 0. The summed E-state index contributed by atoms with van der Waals surface area (Å²) in [4.78, 5) is 4.52. The number of furan rings is 1. The van der Waals surface area contributed by atoms with Crippen LogP contribution in [0.5, 0.6) is 0 Å². The van der Waals surface area contributed by atoms with E-state index in [2.05, 4.69) is 194 Å². The quantitative estimate of drug-likeness (QED) is 0.170. The Morgan fingerprint density at radius 2 is 0.902 bits per heavy atom. The van der Waals surface area contributed by atoms with Crippen LogP contribution in [0.15, 0.2) is 186 Å². The van der Waals surface area contributed by atoms with Gasteiger partial charge in [-0.25, -0.2) is 0 Å². The van der Waals surface area contributed by atoms with E-state index in [1.54, 1.807) is 0 Å². The Morgan fingerprint density at radius 1 is 0.353 bits per heavy atom. The molecular formula is C48H36N2O. The van der Waals surface area contributed by atoms with Crippen LogP contribution in [0.4, 0.5) is 22.7 Å². The summed E-state index contributed by atoms with van der Waals surface area (Å²) in [5.41, 5.74) is 13.4. The largest absolute Gasteiger partial charge is 0.454 e. The summed E-state index contributed by atoms with van der Waals surface area (Å²) in [6, 6.07) is 64.9. The van der Waals surface area contributed by atoms with Crippen LogP contribution in [0.3, 0.4) is 0 Å². The monoisotopic (exact) mass is 656 g/mol. The summed E-state index contributed by atoms with van der Waals surface area (Å²) in [6.07, 6.45) is 0. The van der Waals surface area contributed by atoms with Crippen LogP contribution in [-0.4, -0.2) is 14.1 Å². The topological polar surface area (TPSA) is 19.6 Å². The Bertz CT molecular complexity index is 2670. The molecule has 0 unspecified atom stereocenters. The van der Waals surface area contributed by atoms with Crippen molar-refractivity contribution in [2.75, 3.05) is 23.9 Å². The second-order valence-corrected chi connectivity index (χ2v) is 13.1. The van der Waals surface area contributed by atoms with Gasteiger partial charge in [0, 0.05) is 47.3 Å². The van der Waals surface area contributed by atoms with Crippen molar-refractivity contribution in [2.45, 2.75) is 0 Å². The fourth-order valence-electron chi connectivity index (χ4n) is 7.28. The van der Waals surface area contributed by atoms with Gasteiger partial charge in [0.05, 0.1) is 5.69 Å². The molecule has 0 saturated heterocycles. The maximum atomic E-state index is 6.44. The second kappa shape index (κ2) is 12.7. The average Bonchev–Trinajstić information content (AvgIpc) is 3.59. The van der Waals surface area contributed by atoms with Crippen molar-refractivity contribution in [3.8, 4) is 33.4 Å². The molecule has 0 radical (unpaired) electrons. The van der Waals surface area contributed by atoms with Crippen LogP contribution in [0.2, 0.25) is 0 Å². The summed E-state index contributed by atoms with van der Waals surface area (Å²) >= 11 is 0. The zero-order chi connectivity index (χ0) is 34.3. The van der Waals surface area contributed by atoms with E-state index in [4.69, 9.17) is 4.42 Å². The van der Waals surface area contributed by atoms with Crippen molar-refractivity contribution in [3.05, 3.63) is 182 Å². The van der Waals surface area contributed by atoms with Gasteiger partial charge in [0.2, 0.25) is 0 Å². The third-order valence-electron chi connectivity index (χ3n) is 10.1. The predicted molar refractivity (Wildman–Crippen MR) is 217 cm³/mol. The molecule has 1 aromatic heterocycles. The van der Waals surface area contributed by atoms with E-state index in [9.17, 15) is 0 Å². The number of hydrogen-bond donors (Lipinski definition) is 0. The van der Waals surface area contributed by atoms with E-state index in [0.717, 1.165) is 44.7 Å². The number of benzene rings is 8. The molecule has 9 rings (SSSR count). The van der Waals surface area contributed by atoms with Gasteiger partial charge < -0.3 is 14.2 Å². The van der Waals surface area contributed by atoms with E-state index in [1.165, 1.54) is 44.2 Å². The van der Waals surface area contributed by atoms with Gasteiger partial charge in [-0.3, -0.25) is 0 Å². The third kappa shape index (κ3) is 5.59. The smallest absolute Gasteiger partial charge is 0.159 e. The summed E-state index contributed by atoms with van der Waals surface area (Å²) < 4.78 is 6.44. The molecule has 0 amide bonds. The van der Waals surface area contributed by atoms with Crippen molar-refractivity contribution < 1.29 is 4.42 Å². The first-order valence-corrected chi connectivity index (χ1v) is 17.4. The van der Waals surface area contributed by atoms with E-state index >= 15 is 0 Å². The highest BCUT2D eigenvalue weighted by molar-refractivity contribution is 6.10. The van der Waals surface area contributed by atoms with Gasteiger partial charge in [-0.15, -0.1) is 0 Å². The molecule has 3 heteroatoms. The molecule has 244 valence electrons. The van der Waals surface area contributed by atoms with Crippen LogP contribution in [0, 0.1) is 0 Å². The highest BCUT2D eigenvalue weighted by Gasteiger charge is 2.17. The minimum Gasteiger partial charge on any atom is -0.454 e. The Kier molecular flexibility index (Phi) is 7.59. The zero-order valence-corrected chi connectivity index (χ0v) is 28.6. The molecule has 0 bridgehead atoms. The highest BCUT2D eigenvalue weighted by atomic mass is 16.3. The Labute approximate surface area is 298 Å². The van der Waals surface area contributed by atoms with Crippen molar-refractivity contribution in [1.29, 1.82) is 0 Å². The maximum absolute atomic E-state index is 6.44. The Balaban J connectivity index is 1.04. The van der Waals surface area contributed by atoms with Crippen LogP contribution in [0.25, 0.3) is 66.1 Å². The number of para-hydroxylation sites is 2. The van der Waals surface area contributed by atoms with Crippen molar-refractivity contribution in [2.24, 2.45) is 0 Å². The summed E-state index contributed by atoms with van der Waals surface area (Å²) in [6.45, 7) is 0. The standard InChI is InChI=1S/C48H36N2O/c1-49(40-18-10-16-36(30-40)33-13-4-3-5-14-33)41-19-11-17-37(31-41)34-25-27-35(28-26-34)39-29-38-15-6-7-20-42(38)46(32-39)50(2)45-23-12-22-44-43-21-8-9-24-47(43)51-48(44)45/h3-32H,1-2H3. The summed E-state index contributed by atoms with van der Waals surface area (Å²) in [5, 5.41) is 4.66. The van der Waals surface area contributed by atoms with Gasteiger partial charge in [-0.2, -0.15) is 0 Å². The van der Waals surface area contributed by atoms with E-state index in [-0.39, 0.29) is 0 Å². The van der Waals surface area contributed by atoms with Gasteiger partial charge in [0.15, 0.2) is 5.58 Å². The molecule has 1 heterocycles. The second-order valence-electron chi connectivity index (χ2n) is 13.1. The number of fused-ring (bicyclic) bond motifs is 4. The Hall–Kier alpha value is -6.58. The van der Waals surface area contributed by atoms with Gasteiger partial charge in [-0.1, -0.05) is 133 Å².